The van der Waals surface area contributed by atoms with Crippen LogP contribution in [0.15, 0.2) is 23.1 Å². The maximum absolute atomic E-state index is 14.1. The fourth-order valence-electron chi connectivity index (χ4n) is 4.45. The van der Waals surface area contributed by atoms with E-state index in [2.05, 4.69) is 15.2 Å². The second-order valence-corrected chi connectivity index (χ2v) is 11.9. The highest BCUT2D eigenvalue weighted by atomic mass is 32.2. The largest absolute Gasteiger partial charge is 0.486 e. The molecular weight excluding hydrogens is 561 g/mol. The van der Waals surface area contributed by atoms with E-state index in [0.29, 0.717) is 38.9 Å². The van der Waals surface area contributed by atoms with Crippen LogP contribution >= 0.6 is 0 Å². The molecule has 2 aromatic rings. The third-order valence-corrected chi connectivity index (χ3v) is 8.56. The number of sulfonamides is 1. The van der Waals surface area contributed by atoms with Gasteiger partial charge in [0, 0.05) is 12.2 Å². The van der Waals surface area contributed by atoms with Crippen molar-refractivity contribution >= 4 is 33.5 Å². The number of nitrogens with zero attached hydrogens (tertiary/aromatic N) is 3. The molecule has 1 aromatic heterocycles. The number of carboxylic acids is 1. The van der Waals surface area contributed by atoms with Crippen LogP contribution < -0.4 is 19.1 Å². The molecule has 2 atom stereocenters. The van der Waals surface area contributed by atoms with Gasteiger partial charge >= 0.3 is 18.2 Å². The van der Waals surface area contributed by atoms with Gasteiger partial charge in [-0.2, -0.15) is 13.2 Å². The third-order valence-electron chi connectivity index (χ3n) is 6.71. The molecule has 1 aromatic carbocycles. The molecule has 2 unspecified atom stereocenters. The molecule has 2 N–H and O–H groups in total. The van der Waals surface area contributed by atoms with Crippen molar-refractivity contribution in [2.24, 2.45) is 5.92 Å². The number of halogens is 3. The van der Waals surface area contributed by atoms with Crippen LogP contribution in [0.3, 0.4) is 0 Å². The van der Waals surface area contributed by atoms with Crippen molar-refractivity contribution in [3.63, 3.8) is 0 Å². The zero-order valence-electron chi connectivity index (χ0n) is 22.1. The molecule has 2 aliphatic rings. The lowest BCUT2D eigenvalue weighted by molar-refractivity contribution is -0.242. The number of fused-ring (bicyclic) bond motifs is 2. The molecular formula is C24H29F3N4O8S. The van der Waals surface area contributed by atoms with Crippen molar-refractivity contribution in [2.45, 2.75) is 69.4 Å². The number of rotatable bonds is 8. The van der Waals surface area contributed by atoms with Crippen LogP contribution in [-0.2, 0) is 32.5 Å². The summed E-state index contributed by atoms with van der Waals surface area (Å²) in [6.07, 6.45) is -5.98. The third kappa shape index (κ3) is 5.48. The molecule has 0 aliphatic carbocycles. The number of hydrogen-bond acceptors (Lipinski definition) is 8. The second-order valence-electron chi connectivity index (χ2n) is 10.1. The Balaban J connectivity index is 1.73. The van der Waals surface area contributed by atoms with Gasteiger partial charge in [-0.05, 0) is 51.3 Å². The molecule has 220 valence electrons. The van der Waals surface area contributed by atoms with Crippen molar-refractivity contribution in [1.29, 1.82) is 0 Å². The SMILES string of the molecule is COc1nn2c(c1S(=O)(=O)N1CC(CC(C)C(=O)O)Oc3ccc(NC(=O)OC(C)(C)C(F)(F)F)cc31)CCC2. The highest BCUT2D eigenvalue weighted by molar-refractivity contribution is 7.93. The van der Waals surface area contributed by atoms with Crippen LogP contribution in [0.5, 0.6) is 11.6 Å². The van der Waals surface area contributed by atoms with Gasteiger partial charge < -0.3 is 19.3 Å². The molecule has 0 spiro atoms. The minimum Gasteiger partial charge on any atom is -0.486 e. The number of anilines is 2. The van der Waals surface area contributed by atoms with Crippen LogP contribution in [0.1, 0.15) is 39.3 Å². The van der Waals surface area contributed by atoms with E-state index in [9.17, 15) is 36.3 Å². The number of aliphatic carboxylic acids is 1. The number of carboxylic acid groups (broad SMARTS) is 1. The van der Waals surface area contributed by atoms with Gasteiger partial charge in [-0.1, -0.05) is 6.92 Å². The van der Waals surface area contributed by atoms with Crippen LogP contribution in [0.4, 0.5) is 29.3 Å². The number of amides is 1. The van der Waals surface area contributed by atoms with E-state index >= 15 is 0 Å². The summed E-state index contributed by atoms with van der Waals surface area (Å²) in [5, 5.41) is 15.8. The van der Waals surface area contributed by atoms with Crippen molar-refractivity contribution in [3.05, 3.63) is 23.9 Å². The monoisotopic (exact) mass is 590 g/mol. The number of methoxy groups -OCH3 is 1. The molecule has 0 saturated carbocycles. The standard InChI is InChI=1S/C24H29F3N4O8S/c1-13(21(32)33)10-15-12-31(40(35,36)19-16-6-5-9-30(16)29-20(19)37-4)17-11-14(7-8-18(17)38-15)28-22(34)39-23(2,3)24(25,26)27/h7-8,11,13,15H,5-6,9-10,12H2,1-4H3,(H,28,34)(H,32,33). The molecule has 3 heterocycles. The predicted octanol–water partition coefficient (Wildman–Crippen LogP) is 3.79. The van der Waals surface area contributed by atoms with Crippen LogP contribution in [0.25, 0.3) is 0 Å². The highest BCUT2D eigenvalue weighted by Crippen LogP contribution is 2.43. The average molecular weight is 591 g/mol. The summed E-state index contributed by atoms with van der Waals surface area (Å²) >= 11 is 0. The molecule has 4 rings (SSSR count). The van der Waals surface area contributed by atoms with E-state index in [4.69, 9.17) is 9.47 Å². The van der Waals surface area contributed by atoms with Gasteiger partial charge in [-0.25, -0.2) is 13.2 Å². The summed E-state index contributed by atoms with van der Waals surface area (Å²) in [6, 6.07) is 3.86. The second kappa shape index (κ2) is 10.4. The predicted molar refractivity (Wildman–Crippen MR) is 134 cm³/mol. The lowest BCUT2D eigenvalue weighted by Gasteiger charge is -2.36. The minimum absolute atomic E-state index is 0.0110. The Labute approximate surface area is 228 Å². The van der Waals surface area contributed by atoms with E-state index in [1.165, 1.54) is 32.2 Å². The highest BCUT2D eigenvalue weighted by Gasteiger charge is 2.51. The number of benzene rings is 1. The van der Waals surface area contributed by atoms with Crippen molar-refractivity contribution in [1.82, 2.24) is 9.78 Å². The van der Waals surface area contributed by atoms with Crippen LogP contribution in [0, 0.1) is 5.92 Å². The Morgan fingerprint density at radius 1 is 1.30 bits per heavy atom. The smallest absolute Gasteiger partial charge is 0.427 e. The van der Waals surface area contributed by atoms with Gasteiger partial charge in [-0.15, -0.1) is 5.10 Å². The molecule has 0 saturated heterocycles. The molecule has 16 heteroatoms. The zero-order valence-corrected chi connectivity index (χ0v) is 22.9. The van der Waals surface area contributed by atoms with Gasteiger partial charge in [0.05, 0.1) is 31.0 Å². The lowest BCUT2D eigenvalue weighted by atomic mass is 10.0. The van der Waals surface area contributed by atoms with Gasteiger partial charge in [0.2, 0.25) is 5.60 Å². The quantitative estimate of drug-likeness (QED) is 0.468. The van der Waals surface area contributed by atoms with Crippen LogP contribution in [-0.4, -0.2) is 66.9 Å². The number of ether oxygens (including phenoxy) is 3. The molecule has 12 nitrogen and oxygen atoms in total. The number of hydrogen-bond donors (Lipinski definition) is 2. The van der Waals surface area contributed by atoms with Gasteiger partial charge in [0.25, 0.3) is 15.9 Å². The number of carbonyl (C=O) groups is 2. The first-order valence-electron chi connectivity index (χ1n) is 12.3. The molecule has 0 bridgehead atoms. The molecule has 2 aliphatic heterocycles. The first kappa shape index (κ1) is 29.3. The number of alkyl halides is 3. The summed E-state index contributed by atoms with van der Waals surface area (Å²) in [4.78, 5) is 23.6. The number of carbonyl (C=O) groups excluding carboxylic acids is 1. The summed E-state index contributed by atoms with van der Waals surface area (Å²) in [7, 11) is -3.09. The van der Waals surface area contributed by atoms with Crippen molar-refractivity contribution in [3.8, 4) is 11.6 Å². The first-order chi connectivity index (χ1) is 18.5. The number of aromatic nitrogens is 2. The summed E-state index contributed by atoms with van der Waals surface area (Å²) in [5.74, 6) is -1.97. The van der Waals surface area contributed by atoms with Crippen LogP contribution in [0.2, 0.25) is 0 Å². The maximum Gasteiger partial charge on any atom is 0.427 e. The van der Waals surface area contributed by atoms with E-state index in [-0.39, 0.29) is 40.9 Å². The molecule has 0 fully saturated rings. The van der Waals surface area contributed by atoms with E-state index in [0.717, 1.165) is 4.31 Å². The van der Waals surface area contributed by atoms with Crippen molar-refractivity contribution in [2.75, 3.05) is 23.3 Å². The number of aryl methyl sites for hydroxylation is 1. The van der Waals surface area contributed by atoms with Gasteiger partial charge in [0.15, 0.2) is 4.90 Å². The lowest BCUT2D eigenvalue weighted by Crippen LogP contribution is -2.45. The normalized spacial score (nSPS) is 17.9. The Kier molecular flexibility index (Phi) is 7.60. The molecule has 0 radical (unpaired) electrons. The Morgan fingerprint density at radius 2 is 2.00 bits per heavy atom. The van der Waals surface area contributed by atoms with Gasteiger partial charge in [-0.3, -0.25) is 19.1 Å². The molecule has 1 amide bonds. The Hall–Kier alpha value is -3.69. The fourth-order valence-corrected chi connectivity index (χ4v) is 6.29. The summed E-state index contributed by atoms with van der Waals surface area (Å²) in [5.41, 5.74) is -2.41. The van der Waals surface area contributed by atoms with E-state index in [1.54, 1.807) is 4.68 Å². The summed E-state index contributed by atoms with van der Waals surface area (Å²) in [6.45, 7) is 3.07. The zero-order chi connectivity index (χ0) is 29.6. The molecule has 40 heavy (non-hydrogen) atoms. The Morgan fingerprint density at radius 3 is 2.62 bits per heavy atom. The maximum atomic E-state index is 14.1. The van der Waals surface area contributed by atoms with E-state index < -0.39 is 45.9 Å². The van der Waals surface area contributed by atoms with Crippen molar-refractivity contribution < 1.29 is 50.5 Å². The fraction of sp³-hybridized carbons (Fsp3) is 0.542. The average Bonchev–Trinajstić information content (AvgIpc) is 3.43. The minimum atomic E-state index is -4.83. The first-order valence-corrected chi connectivity index (χ1v) is 13.8. The topological polar surface area (TPSA) is 149 Å². The Bertz CT molecular complexity index is 1420. The number of nitrogens with one attached hydrogen (secondary N) is 1. The summed E-state index contributed by atoms with van der Waals surface area (Å²) < 4.78 is 86.0. The van der Waals surface area contributed by atoms with Gasteiger partial charge in [0.1, 0.15) is 11.9 Å². The van der Waals surface area contributed by atoms with E-state index in [1.807, 2.05) is 0 Å².